The minimum absolute atomic E-state index is 0.0585. The quantitative estimate of drug-likeness (QED) is 0.624. The van der Waals surface area contributed by atoms with E-state index in [-0.39, 0.29) is 19.1 Å². The molecule has 0 aromatic carbocycles. The van der Waals surface area contributed by atoms with Crippen LogP contribution in [0.4, 0.5) is 5.69 Å². The van der Waals surface area contributed by atoms with Crippen LogP contribution in [0.3, 0.4) is 0 Å². The number of anilines is 1. The molecule has 1 heterocycles. The van der Waals surface area contributed by atoms with Crippen molar-refractivity contribution in [2.24, 2.45) is 0 Å². The summed E-state index contributed by atoms with van der Waals surface area (Å²) in [5.74, 6) is -0.225. The van der Waals surface area contributed by atoms with Crippen molar-refractivity contribution in [1.82, 2.24) is 5.32 Å². The Hall–Kier alpha value is -1.07. The van der Waals surface area contributed by atoms with E-state index in [4.69, 9.17) is 10.8 Å². The summed E-state index contributed by atoms with van der Waals surface area (Å²) >= 11 is 1.29. The second kappa shape index (κ2) is 4.08. The third-order valence-corrected chi connectivity index (χ3v) is 2.23. The third-order valence-electron chi connectivity index (χ3n) is 1.30. The molecule has 4 N–H and O–H groups in total. The number of carbonyl (C=O) groups excluding carboxylic acids is 1. The van der Waals surface area contributed by atoms with E-state index < -0.39 is 0 Å². The molecule has 0 aliphatic carbocycles. The van der Waals surface area contributed by atoms with E-state index in [2.05, 4.69) is 5.32 Å². The van der Waals surface area contributed by atoms with Crippen molar-refractivity contribution in [3.05, 3.63) is 16.3 Å². The summed E-state index contributed by atoms with van der Waals surface area (Å²) in [5, 5.41) is 12.7. The molecular weight excluding hydrogens is 176 g/mol. The molecule has 0 aliphatic rings. The first-order valence-corrected chi connectivity index (χ1v) is 4.35. The molecule has 1 aromatic rings. The number of thiophene rings is 1. The first kappa shape index (κ1) is 9.02. The normalized spacial score (nSPS) is 9.75. The maximum Gasteiger partial charge on any atom is 0.263 e. The number of rotatable bonds is 3. The SMILES string of the molecule is Nc1ccsc1C(=O)NCCO. The van der Waals surface area contributed by atoms with Gasteiger partial charge in [0.15, 0.2) is 0 Å². The predicted molar refractivity (Wildman–Crippen MR) is 48.2 cm³/mol. The van der Waals surface area contributed by atoms with Crippen molar-refractivity contribution >= 4 is 22.9 Å². The molecule has 0 saturated carbocycles. The molecule has 0 unspecified atom stereocenters. The average molecular weight is 186 g/mol. The molecule has 0 spiro atoms. The van der Waals surface area contributed by atoms with Gasteiger partial charge in [0.05, 0.1) is 12.3 Å². The van der Waals surface area contributed by atoms with Crippen LogP contribution in [0.15, 0.2) is 11.4 Å². The molecule has 5 heteroatoms. The van der Waals surface area contributed by atoms with Gasteiger partial charge in [0, 0.05) is 6.54 Å². The first-order valence-electron chi connectivity index (χ1n) is 3.47. The van der Waals surface area contributed by atoms with Crippen LogP contribution in [0.25, 0.3) is 0 Å². The Balaban J connectivity index is 2.59. The summed E-state index contributed by atoms with van der Waals surface area (Å²) < 4.78 is 0. The van der Waals surface area contributed by atoms with Crippen molar-refractivity contribution in [3.8, 4) is 0 Å². The molecule has 0 radical (unpaired) electrons. The van der Waals surface area contributed by atoms with Crippen molar-refractivity contribution in [2.75, 3.05) is 18.9 Å². The lowest BCUT2D eigenvalue weighted by Gasteiger charge is -2.00. The van der Waals surface area contributed by atoms with E-state index in [1.165, 1.54) is 11.3 Å². The highest BCUT2D eigenvalue weighted by Gasteiger charge is 2.09. The van der Waals surface area contributed by atoms with Gasteiger partial charge < -0.3 is 16.2 Å². The van der Waals surface area contributed by atoms with Gasteiger partial charge in [-0.25, -0.2) is 0 Å². The second-order valence-electron chi connectivity index (χ2n) is 2.18. The van der Waals surface area contributed by atoms with Crippen molar-refractivity contribution in [3.63, 3.8) is 0 Å². The minimum atomic E-state index is -0.225. The van der Waals surface area contributed by atoms with Crippen LogP contribution < -0.4 is 11.1 Å². The van der Waals surface area contributed by atoms with Gasteiger partial charge in [0.25, 0.3) is 5.91 Å². The molecule has 0 atom stereocenters. The summed E-state index contributed by atoms with van der Waals surface area (Å²) in [6.07, 6.45) is 0. The van der Waals surface area contributed by atoms with Crippen LogP contribution >= 0.6 is 11.3 Å². The Bertz CT molecular complexity index is 272. The largest absolute Gasteiger partial charge is 0.397 e. The lowest BCUT2D eigenvalue weighted by Crippen LogP contribution is -2.26. The molecule has 4 nitrogen and oxygen atoms in total. The van der Waals surface area contributed by atoms with E-state index in [0.29, 0.717) is 10.6 Å². The average Bonchev–Trinajstić information content (AvgIpc) is 2.47. The Morgan fingerprint density at radius 2 is 2.50 bits per heavy atom. The zero-order chi connectivity index (χ0) is 8.97. The van der Waals surface area contributed by atoms with Gasteiger partial charge in [-0.3, -0.25) is 4.79 Å². The van der Waals surface area contributed by atoms with E-state index in [9.17, 15) is 4.79 Å². The first-order chi connectivity index (χ1) is 5.75. The predicted octanol–water partition coefficient (Wildman–Crippen LogP) is 0.0524. The van der Waals surface area contributed by atoms with Gasteiger partial charge in [-0.1, -0.05) is 0 Å². The highest BCUT2D eigenvalue weighted by Crippen LogP contribution is 2.17. The number of carbonyl (C=O) groups is 1. The van der Waals surface area contributed by atoms with Crippen molar-refractivity contribution in [1.29, 1.82) is 0 Å². The van der Waals surface area contributed by atoms with Gasteiger partial charge >= 0.3 is 0 Å². The highest BCUT2D eigenvalue weighted by molar-refractivity contribution is 7.12. The fourth-order valence-corrected chi connectivity index (χ4v) is 1.49. The lowest BCUT2D eigenvalue weighted by atomic mass is 10.4. The number of nitrogen functional groups attached to an aromatic ring is 1. The van der Waals surface area contributed by atoms with E-state index in [0.717, 1.165) is 0 Å². The molecule has 1 amide bonds. The fourth-order valence-electron chi connectivity index (χ4n) is 0.753. The van der Waals surface area contributed by atoms with E-state index >= 15 is 0 Å². The standard InChI is InChI=1S/C7H10N2O2S/c8-5-1-4-12-6(5)7(11)9-2-3-10/h1,4,10H,2-3,8H2,(H,9,11). The third kappa shape index (κ3) is 1.96. The Kier molecular flexibility index (Phi) is 3.07. The summed E-state index contributed by atoms with van der Waals surface area (Å²) in [6.45, 7) is 0.202. The fraction of sp³-hybridized carbons (Fsp3) is 0.286. The van der Waals surface area contributed by atoms with Crippen LogP contribution in [-0.2, 0) is 0 Å². The summed E-state index contributed by atoms with van der Waals surface area (Å²) in [4.78, 5) is 11.7. The van der Waals surface area contributed by atoms with Gasteiger partial charge in [0.1, 0.15) is 4.88 Å². The molecule has 0 bridgehead atoms. The summed E-state index contributed by atoms with van der Waals surface area (Å²) in [7, 11) is 0. The van der Waals surface area contributed by atoms with Crippen LogP contribution in [0.2, 0.25) is 0 Å². The number of hydrogen-bond acceptors (Lipinski definition) is 4. The van der Waals surface area contributed by atoms with Crippen LogP contribution in [0.5, 0.6) is 0 Å². The number of hydrogen-bond donors (Lipinski definition) is 3. The number of aliphatic hydroxyl groups excluding tert-OH is 1. The van der Waals surface area contributed by atoms with Gasteiger partial charge in [-0.2, -0.15) is 0 Å². The Morgan fingerprint density at radius 1 is 1.75 bits per heavy atom. The molecule has 1 rings (SSSR count). The zero-order valence-corrected chi connectivity index (χ0v) is 7.23. The monoisotopic (exact) mass is 186 g/mol. The molecule has 66 valence electrons. The summed E-state index contributed by atoms with van der Waals surface area (Å²) in [5.41, 5.74) is 5.98. The highest BCUT2D eigenvalue weighted by atomic mass is 32.1. The van der Waals surface area contributed by atoms with E-state index in [1.54, 1.807) is 11.4 Å². The topological polar surface area (TPSA) is 75.4 Å². The zero-order valence-electron chi connectivity index (χ0n) is 6.41. The van der Waals surface area contributed by atoms with Crippen LogP contribution in [-0.4, -0.2) is 24.2 Å². The number of amides is 1. The molecule has 0 saturated heterocycles. The maximum atomic E-state index is 11.2. The van der Waals surface area contributed by atoms with Gasteiger partial charge in [-0.15, -0.1) is 11.3 Å². The smallest absolute Gasteiger partial charge is 0.263 e. The Morgan fingerprint density at radius 3 is 3.00 bits per heavy atom. The molecular formula is C7H10N2O2S. The molecule has 0 fully saturated rings. The lowest BCUT2D eigenvalue weighted by molar-refractivity contribution is 0.0949. The van der Waals surface area contributed by atoms with Gasteiger partial charge in [-0.05, 0) is 11.4 Å². The van der Waals surface area contributed by atoms with E-state index in [1.807, 2.05) is 0 Å². The molecule has 1 aromatic heterocycles. The maximum absolute atomic E-state index is 11.2. The number of aliphatic hydroxyl groups is 1. The van der Waals surface area contributed by atoms with Crippen LogP contribution in [0, 0.1) is 0 Å². The Labute approximate surface area is 74.0 Å². The van der Waals surface area contributed by atoms with Gasteiger partial charge in [0.2, 0.25) is 0 Å². The number of nitrogens with one attached hydrogen (secondary N) is 1. The van der Waals surface area contributed by atoms with Crippen molar-refractivity contribution in [2.45, 2.75) is 0 Å². The second-order valence-corrected chi connectivity index (χ2v) is 3.10. The van der Waals surface area contributed by atoms with Crippen LogP contribution in [0.1, 0.15) is 9.67 Å². The van der Waals surface area contributed by atoms with Crippen molar-refractivity contribution < 1.29 is 9.90 Å². The molecule has 0 aliphatic heterocycles. The minimum Gasteiger partial charge on any atom is -0.397 e. The summed E-state index contributed by atoms with van der Waals surface area (Å²) in [6, 6.07) is 1.68. The number of nitrogens with two attached hydrogens (primary N) is 1. The molecule has 12 heavy (non-hydrogen) atoms.